The first-order chi connectivity index (χ1) is 10.4. The third-order valence-corrected chi connectivity index (χ3v) is 3.15. The Balaban J connectivity index is 2.12. The number of ether oxygens (including phenoxy) is 1. The summed E-state index contributed by atoms with van der Waals surface area (Å²) in [6, 6.07) is 6.51. The first-order valence-electron chi connectivity index (χ1n) is 6.65. The smallest absolute Gasteiger partial charge is 0.375 e. The second kappa shape index (κ2) is 6.30. The van der Waals surface area contributed by atoms with E-state index in [0.29, 0.717) is 11.1 Å². The summed E-state index contributed by atoms with van der Waals surface area (Å²) >= 11 is 0. The van der Waals surface area contributed by atoms with Crippen molar-refractivity contribution in [1.29, 1.82) is 0 Å². The van der Waals surface area contributed by atoms with E-state index in [0.717, 1.165) is 5.39 Å². The quantitative estimate of drug-likeness (QED) is 0.842. The van der Waals surface area contributed by atoms with Crippen molar-refractivity contribution in [2.75, 3.05) is 7.05 Å². The maximum atomic E-state index is 12.1. The van der Waals surface area contributed by atoms with Crippen LogP contribution in [0.4, 0.5) is 4.79 Å². The van der Waals surface area contributed by atoms with Gasteiger partial charge in [0.05, 0.1) is 0 Å². The van der Waals surface area contributed by atoms with Gasteiger partial charge in [0.15, 0.2) is 6.10 Å². The van der Waals surface area contributed by atoms with Crippen LogP contribution in [0.2, 0.25) is 0 Å². The van der Waals surface area contributed by atoms with Crippen molar-refractivity contribution < 1.29 is 23.5 Å². The number of carbonyl (C=O) groups is 3. The van der Waals surface area contributed by atoms with Crippen LogP contribution in [0.1, 0.15) is 23.0 Å². The van der Waals surface area contributed by atoms with Gasteiger partial charge in [-0.3, -0.25) is 10.1 Å². The average Bonchev–Trinajstić information content (AvgIpc) is 2.84. The maximum absolute atomic E-state index is 12.1. The molecule has 0 radical (unpaired) electrons. The van der Waals surface area contributed by atoms with Crippen LogP contribution in [0.15, 0.2) is 28.7 Å². The summed E-state index contributed by atoms with van der Waals surface area (Å²) in [7, 11) is 1.37. The van der Waals surface area contributed by atoms with Gasteiger partial charge in [0.2, 0.25) is 5.76 Å². The number of furan rings is 1. The second-order valence-corrected chi connectivity index (χ2v) is 4.67. The predicted octanol–water partition coefficient (Wildman–Crippen LogP) is 1.74. The molecule has 0 saturated heterocycles. The van der Waals surface area contributed by atoms with E-state index in [9.17, 15) is 14.4 Å². The lowest BCUT2D eigenvalue weighted by molar-refractivity contribution is -0.128. The first kappa shape index (κ1) is 15.6. The van der Waals surface area contributed by atoms with Crippen LogP contribution >= 0.6 is 0 Å². The van der Waals surface area contributed by atoms with Crippen molar-refractivity contribution in [3.8, 4) is 0 Å². The standard InChI is InChI=1S/C15H16N2O5/c1-8-10-6-4-5-7-11(10)22-12(8)14(19)21-9(2)13(18)17-15(20)16-3/h4-7,9H,1-3H3,(H2,16,17,18,20). The van der Waals surface area contributed by atoms with E-state index < -0.39 is 24.0 Å². The van der Waals surface area contributed by atoms with Gasteiger partial charge in [-0.2, -0.15) is 0 Å². The largest absolute Gasteiger partial charge is 0.449 e. The number of esters is 1. The Morgan fingerprint density at radius 2 is 1.91 bits per heavy atom. The molecule has 2 aromatic rings. The highest BCUT2D eigenvalue weighted by Gasteiger charge is 2.24. The minimum Gasteiger partial charge on any atom is -0.449 e. The molecule has 0 aliphatic carbocycles. The molecule has 7 heteroatoms. The lowest BCUT2D eigenvalue weighted by atomic mass is 10.1. The zero-order valence-electron chi connectivity index (χ0n) is 12.4. The van der Waals surface area contributed by atoms with Gasteiger partial charge in [-0.1, -0.05) is 18.2 Å². The molecule has 0 spiro atoms. The maximum Gasteiger partial charge on any atom is 0.375 e. The number of hydrogen-bond donors (Lipinski definition) is 2. The van der Waals surface area contributed by atoms with Crippen molar-refractivity contribution in [2.24, 2.45) is 0 Å². The molecule has 0 saturated carbocycles. The number of benzene rings is 1. The van der Waals surface area contributed by atoms with Crippen molar-refractivity contribution in [1.82, 2.24) is 10.6 Å². The van der Waals surface area contributed by atoms with Gasteiger partial charge in [-0.15, -0.1) is 0 Å². The van der Waals surface area contributed by atoms with E-state index in [1.807, 2.05) is 17.4 Å². The van der Waals surface area contributed by atoms with Gasteiger partial charge in [-0.05, 0) is 19.9 Å². The van der Waals surface area contributed by atoms with Crippen LogP contribution in [0.3, 0.4) is 0 Å². The molecule has 2 rings (SSSR count). The van der Waals surface area contributed by atoms with Gasteiger partial charge in [0, 0.05) is 18.0 Å². The number of imide groups is 1. The minimum absolute atomic E-state index is 0.0424. The number of amides is 3. The van der Waals surface area contributed by atoms with Crippen LogP contribution in [0, 0.1) is 6.92 Å². The lowest BCUT2D eigenvalue weighted by Gasteiger charge is -2.11. The molecule has 0 bridgehead atoms. The Bertz CT molecular complexity index is 735. The summed E-state index contributed by atoms with van der Waals surface area (Å²) in [6.45, 7) is 3.10. The fourth-order valence-electron chi connectivity index (χ4n) is 1.91. The van der Waals surface area contributed by atoms with Gasteiger partial charge in [-0.25, -0.2) is 9.59 Å². The number of nitrogens with one attached hydrogen (secondary N) is 2. The Hall–Kier alpha value is -2.83. The zero-order chi connectivity index (χ0) is 16.3. The van der Waals surface area contributed by atoms with Crippen LogP contribution in [0.25, 0.3) is 11.0 Å². The van der Waals surface area contributed by atoms with E-state index in [-0.39, 0.29) is 5.76 Å². The molecule has 3 amide bonds. The van der Waals surface area contributed by atoms with Crippen LogP contribution in [0.5, 0.6) is 0 Å². The zero-order valence-corrected chi connectivity index (χ0v) is 12.4. The van der Waals surface area contributed by atoms with E-state index >= 15 is 0 Å². The Morgan fingerprint density at radius 1 is 1.23 bits per heavy atom. The van der Waals surface area contributed by atoms with E-state index in [1.54, 1.807) is 19.1 Å². The molecule has 1 aromatic carbocycles. The van der Waals surface area contributed by atoms with E-state index in [1.165, 1.54) is 14.0 Å². The minimum atomic E-state index is -1.13. The molecular formula is C15H16N2O5. The molecule has 0 aliphatic rings. The number of fused-ring (bicyclic) bond motifs is 1. The number of urea groups is 1. The van der Waals surface area contributed by atoms with Gasteiger partial charge in [0.1, 0.15) is 5.58 Å². The normalized spacial score (nSPS) is 11.8. The van der Waals surface area contributed by atoms with Crippen LogP contribution in [-0.2, 0) is 9.53 Å². The van der Waals surface area contributed by atoms with Gasteiger partial charge in [0.25, 0.3) is 5.91 Å². The summed E-state index contributed by atoms with van der Waals surface area (Å²) in [6.07, 6.45) is -1.13. The topological polar surface area (TPSA) is 97.6 Å². The summed E-state index contributed by atoms with van der Waals surface area (Å²) in [4.78, 5) is 34.8. The SMILES string of the molecule is CNC(=O)NC(=O)C(C)OC(=O)c1oc2ccccc2c1C. The first-order valence-corrected chi connectivity index (χ1v) is 6.65. The number of hydrogen-bond acceptors (Lipinski definition) is 5. The highest BCUT2D eigenvalue weighted by Crippen LogP contribution is 2.25. The molecule has 0 fully saturated rings. The van der Waals surface area contributed by atoms with Crippen molar-refractivity contribution >= 4 is 28.9 Å². The number of para-hydroxylation sites is 1. The second-order valence-electron chi connectivity index (χ2n) is 4.67. The third kappa shape index (κ3) is 3.08. The Labute approximate surface area is 126 Å². The highest BCUT2D eigenvalue weighted by molar-refractivity contribution is 5.99. The molecule has 0 aliphatic heterocycles. The Kier molecular flexibility index (Phi) is 4.45. The molecule has 2 N–H and O–H groups in total. The van der Waals surface area contributed by atoms with Crippen LogP contribution < -0.4 is 10.6 Å². The molecule has 116 valence electrons. The molecule has 1 unspecified atom stereocenters. The molecule has 1 aromatic heterocycles. The monoisotopic (exact) mass is 304 g/mol. The van der Waals surface area contributed by atoms with E-state index in [2.05, 4.69) is 5.32 Å². The molecule has 1 heterocycles. The average molecular weight is 304 g/mol. The Morgan fingerprint density at radius 3 is 2.55 bits per heavy atom. The van der Waals surface area contributed by atoms with Gasteiger partial charge >= 0.3 is 12.0 Å². The predicted molar refractivity (Wildman–Crippen MR) is 78.4 cm³/mol. The summed E-state index contributed by atoms with van der Waals surface area (Å²) in [5, 5.41) is 5.07. The van der Waals surface area contributed by atoms with Crippen molar-refractivity contribution in [3.63, 3.8) is 0 Å². The number of rotatable bonds is 3. The summed E-state index contributed by atoms with van der Waals surface area (Å²) < 4.78 is 10.5. The van der Waals surface area contributed by atoms with E-state index in [4.69, 9.17) is 9.15 Å². The number of carbonyl (C=O) groups excluding carboxylic acids is 3. The van der Waals surface area contributed by atoms with Crippen molar-refractivity contribution in [3.05, 3.63) is 35.6 Å². The third-order valence-electron chi connectivity index (χ3n) is 3.15. The fourth-order valence-corrected chi connectivity index (χ4v) is 1.91. The van der Waals surface area contributed by atoms with Crippen molar-refractivity contribution in [2.45, 2.75) is 20.0 Å². The van der Waals surface area contributed by atoms with Crippen LogP contribution in [-0.4, -0.2) is 31.1 Å². The molecule has 22 heavy (non-hydrogen) atoms. The molecule has 1 atom stereocenters. The van der Waals surface area contributed by atoms with Gasteiger partial charge < -0.3 is 14.5 Å². The summed E-state index contributed by atoms with van der Waals surface area (Å²) in [5.74, 6) is -1.43. The summed E-state index contributed by atoms with van der Waals surface area (Å²) in [5.41, 5.74) is 1.20. The fraction of sp³-hybridized carbons (Fsp3) is 0.267. The molecule has 7 nitrogen and oxygen atoms in total. The molecular weight excluding hydrogens is 288 g/mol. The highest BCUT2D eigenvalue weighted by atomic mass is 16.6. The number of aryl methyl sites for hydroxylation is 1. The lowest BCUT2D eigenvalue weighted by Crippen LogP contribution is -2.43.